The maximum Gasteiger partial charge on any atom is 0.471 e. The zero-order valence-electron chi connectivity index (χ0n) is 10.7. The van der Waals surface area contributed by atoms with Crippen LogP contribution in [0.3, 0.4) is 0 Å². The molecule has 2 rings (SSSR count). The Morgan fingerprint density at radius 3 is 2.32 bits per heavy atom. The van der Waals surface area contributed by atoms with Gasteiger partial charge in [-0.25, -0.2) is 0 Å². The van der Waals surface area contributed by atoms with Crippen molar-refractivity contribution < 1.29 is 18.0 Å². The first-order valence-corrected chi connectivity index (χ1v) is 6.55. The minimum atomic E-state index is -4.73. The number of hydrogen-bond donors (Lipinski definition) is 1. The van der Waals surface area contributed by atoms with Gasteiger partial charge in [0.15, 0.2) is 0 Å². The predicted molar refractivity (Wildman–Crippen MR) is 68.2 cm³/mol. The molecule has 2 heterocycles. The summed E-state index contributed by atoms with van der Waals surface area (Å²) in [4.78, 5) is 12.2. The van der Waals surface area contributed by atoms with Crippen molar-refractivity contribution >= 4 is 18.3 Å². The van der Waals surface area contributed by atoms with E-state index in [0.29, 0.717) is 12.3 Å². The van der Waals surface area contributed by atoms with Crippen molar-refractivity contribution in [1.82, 2.24) is 10.2 Å². The van der Waals surface area contributed by atoms with Crippen molar-refractivity contribution in [1.29, 1.82) is 0 Å². The Bertz CT molecular complexity index is 306. The van der Waals surface area contributed by atoms with E-state index >= 15 is 0 Å². The summed E-state index contributed by atoms with van der Waals surface area (Å²) in [7, 11) is 0. The zero-order valence-corrected chi connectivity index (χ0v) is 11.5. The summed E-state index contributed by atoms with van der Waals surface area (Å²) in [6, 6.07) is 0. The van der Waals surface area contributed by atoms with Crippen molar-refractivity contribution in [3.05, 3.63) is 0 Å². The van der Waals surface area contributed by atoms with Crippen molar-refractivity contribution in [2.45, 2.75) is 31.9 Å². The average Bonchev–Trinajstić information content (AvgIpc) is 2.38. The van der Waals surface area contributed by atoms with E-state index in [1.54, 1.807) is 0 Å². The third-order valence-electron chi connectivity index (χ3n) is 4.04. The first-order valence-electron chi connectivity index (χ1n) is 6.55. The number of carbonyl (C=O) groups excluding carboxylic acids is 1. The van der Waals surface area contributed by atoms with Gasteiger partial charge in [0.2, 0.25) is 0 Å². The highest BCUT2D eigenvalue weighted by Gasteiger charge is 2.44. The highest BCUT2D eigenvalue weighted by atomic mass is 35.5. The average molecular weight is 301 g/mol. The summed E-state index contributed by atoms with van der Waals surface area (Å²) in [5, 5.41) is 3.25. The minimum Gasteiger partial charge on any atom is -0.335 e. The quantitative estimate of drug-likeness (QED) is 0.805. The van der Waals surface area contributed by atoms with Crippen LogP contribution in [0.5, 0.6) is 0 Å². The molecule has 0 bridgehead atoms. The summed E-state index contributed by atoms with van der Waals surface area (Å²) >= 11 is 0. The molecule has 2 aliphatic heterocycles. The zero-order chi connectivity index (χ0) is 13.2. The molecule has 0 aliphatic carbocycles. The van der Waals surface area contributed by atoms with Crippen LogP contribution in [0, 0.1) is 11.8 Å². The third kappa shape index (κ3) is 4.24. The summed E-state index contributed by atoms with van der Waals surface area (Å²) in [5.74, 6) is -0.955. The smallest absolute Gasteiger partial charge is 0.335 e. The number of alkyl halides is 3. The molecule has 7 heteroatoms. The van der Waals surface area contributed by atoms with E-state index in [2.05, 4.69) is 5.32 Å². The Balaban J connectivity index is 0.00000180. The number of rotatable bonds is 1. The van der Waals surface area contributed by atoms with Gasteiger partial charge in [0.25, 0.3) is 0 Å². The first-order chi connectivity index (χ1) is 8.48. The molecule has 0 saturated carbocycles. The molecule has 0 aromatic heterocycles. The number of nitrogens with zero attached hydrogens (tertiary/aromatic N) is 1. The van der Waals surface area contributed by atoms with Crippen LogP contribution in [0.4, 0.5) is 13.2 Å². The Morgan fingerprint density at radius 1 is 1.11 bits per heavy atom. The van der Waals surface area contributed by atoms with E-state index in [1.165, 1.54) is 0 Å². The van der Waals surface area contributed by atoms with Crippen molar-refractivity contribution in [2.24, 2.45) is 11.8 Å². The molecule has 2 fully saturated rings. The molecule has 112 valence electrons. The lowest BCUT2D eigenvalue weighted by molar-refractivity contribution is -0.187. The van der Waals surface area contributed by atoms with Crippen LogP contribution in [-0.4, -0.2) is 43.2 Å². The van der Waals surface area contributed by atoms with E-state index in [1.807, 2.05) is 0 Å². The number of nitrogens with one attached hydrogen (secondary N) is 1. The van der Waals surface area contributed by atoms with Gasteiger partial charge in [-0.05, 0) is 50.6 Å². The normalized spacial score (nSPS) is 25.8. The first kappa shape index (κ1) is 16.6. The second kappa shape index (κ2) is 6.79. The lowest BCUT2D eigenvalue weighted by atomic mass is 9.80. The van der Waals surface area contributed by atoms with Crippen LogP contribution in [0.2, 0.25) is 0 Å². The molecule has 2 aliphatic rings. The molecule has 2 saturated heterocycles. The lowest BCUT2D eigenvalue weighted by Crippen LogP contribution is -2.48. The van der Waals surface area contributed by atoms with Crippen molar-refractivity contribution in [3.8, 4) is 0 Å². The molecular weight excluding hydrogens is 281 g/mol. The number of amides is 1. The van der Waals surface area contributed by atoms with Crippen LogP contribution in [0.15, 0.2) is 0 Å². The maximum absolute atomic E-state index is 12.4. The summed E-state index contributed by atoms with van der Waals surface area (Å²) < 4.78 is 37.2. The van der Waals surface area contributed by atoms with Crippen LogP contribution in [0.1, 0.15) is 25.7 Å². The molecule has 0 aromatic rings. The Hall–Kier alpha value is -0.490. The molecule has 3 nitrogen and oxygen atoms in total. The monoisotopic (exact) mass is 300 g/mol. The summed E-state index contributed by atoms with van der Waals surface area (Å²) in [5.41, 5.74) is 0. The van der Waals surface area contributed by atoms with Gasteiger partial charge in [-0.15, -0.1) is 12.4 Å². The molecule has 0 aromatic carbocycles. The molecule has 1 atom stereocenters. The van der Waals surface area contributed by atoms with Crippen LogP contribution >= 0.6 is 12.4 Å². The second-order valence-electron chi connectivity index (χ2n) is 5.24. The van der Waals surface area contributed by atoms with Gasteiger partial charge in [0.1, 0.15) is 0 Å². The van der Waals surface area contributed by atoms with E-state index < -0.39 is 12.1 Å². The number of carbonyl (C=O) groups is 1. The van der Waals surface area contributed by atoms with Gasteiger partial charge in [0.05, 0.1) is 0 Å². The van der Waals surface area contributed by atoms with Crippen molar-refractivity contribution in [3.63, 3.8) is 0 Å². The predicted octanol–water partition coefficient (Wildman–Crippen LogP) is 2.21. The topological polar surface area (TPSA) is 32.3 Å². The van der Waals surface area contributed by atoms with Crippen LogP contribution in [-0.2, 0) is 4.79 Å². The second-order valence-corrected chi connectivity index (χ2v) is 5.24. The van der Waals surface area contributed by atoms with E-state index in [4.69, 9.17) is 0 Å². The molecule has 1 unspecified atom stereocenters. The van der Waals surface area contributed by atoms with Gasteiger partial charge in [0, 0.05) is 13.1 Å². The fourth-order valence-corrected chi connectivity index (χ4v) is 3.07. The minimum absolute atomic E-state index is 0. The van der Waals surface area contributed by atoms with Gasteiger partial charge in [-0.3, -0.25) is 4.79 Å². The SMILES string of the molecule is Cl.O=C(N1CCCC(C2CCNCC2)C1)C(F)(F)F. The fourth-order valence-electron chi connectivity index (χ4n) is 3.07. The van der Waals surface area contributed by atoms with Crippen LogP contribution in [0.25, 0.3) is 0 Å². The van der Waals surface area contributed by atoms with Crippen molar-refractivity contribution in [2.75, 3.05) is 26.2 Å². The van der Waals surface area contributed by atoms with Gasteiger partial charge in [-0.2, -0.15) is 13.2 Å². The fraction of sp³-hybridized carbons (Fsp3) is 0.917. The molecule has 19 heavy (non-hydrogen) atoms. The number of piperidine rings is 2. The number of likely N-dealkylation sites (tertiary alicyclic amines) is 1. The summed E-state index contributed by atoms with van der Waals surface area (Å²) in [6.45, 7) is 2.41. The van der Waals surface area contributed by atoms with E-state index in [9.17, 15) is 18.0 Å². The summed E-state index contributed by atoms with van der Waals surface area (Å²) in [6.07, 6.45) is -1.06. The number of hydrogen-bond acceptors (Lipinski definition) is 2. The third-order valence-corrected chi connectivity index (χ3v) is 4.04. The lowest BCUT2D eigenvalue weighted by Gasteiger charge is -2.38. The Kier molecular flexibility index (Phi) is 5.92. The Morgan fingerprint density at radius 2 is 1.74 bits per heavy atom. The molecule has 1 N–H and O–H groups in total. The molecule has 1 amide bonds. The highest BCUT2D eigenvalue weighted by Crippen LogP contribution is 2.31. The molecule has 0 spiro atoms. The van der Waals surface area contributed by atoms with Crippen LogP contribution < -0.4 is 5.32 Å². The van der Waals surface area contributed by atoms with Gasteiger partial charge >= 0.3 is 12.1 Å². The highest BCUT2D eigenvalue weighted by molar-refractivity contribution is 5.85. The largest absolute Gasteiger partial charge is 0.471 e. The standard InChI is InChI=1S/C12H19F3N2O.ClH/c13-12(14,15)11(18)17-7-1-2-10(8-17)9-3-5-16-6-4-9;/h9-10,16H,1-8H2;1H. The molecular formula is C12H20ClF3N2O. The maximum atomic E-state index is 12.4. The Labute approximate surface area is 117 Å². The number of halogens is 4. The molecule has 0 radical (unpaired) electrons. The van der Waals surface area contributed by atoms with E-state index in [0.717, 1.165) is 37.3 Å². The van der Waals surface area contributed by atoms with Gasteiger partial charge < -0.3 is 10.2 Å². The van der Waals surface area contributed by atoms with Gasteiger partial charge in [-0.1, -0.05) is 0 Å². The van der Waals surface area contributed by atoms with E-state index in [-0.39, 0.29) is 31.4 Å².